The first-order valence-corrected chi connectivity index (χ1v) is 9.27. The lowest BCUT2D eigenvalue weighted by Gasteiger charge is -2.13. The first kappa shape index (κ1) is 17.8. The molecule has 3 aromatic rings. The highest BCUT2D eigenvalue weighted by atomic mass is 35.5. The van der Waals surface area contributed by atoms with Crippen LogP contribution in [0.3, 0.4) is 0 Å². The quantitative estimate of drug-likeness (QED) is 0.694. The van der Waals surface area contributed by atoms with Crippen molar-refractivity contribution >= 4 is 34.1 Å². The predicted molar refractivity (Wildman–Crippen MR) is 106 cm³/mol. The highest BCUT2D eigenvalue weighted by Crippen LogP contribution is 2.24. The molecular formula is C21H19ClN2O3. The van der Waals surface area contributed by atoms with E-state index in [-0.39, 0.29) is 12.0 Å². The third-order valence-corrected chi connectivity index (χ3v) is 4.68. The van der Waals surface area contributed by atoms with Gasteiger partial charge in [-0.15, -0.1) is 0 Å². The first-order chi connectivity index (χ1) is 13.2. The van der Waals surface area contributed by atoms with Gasteiger partial charge in [0, 0.05) is 35.0 Å². The summed E-state index contributed by atoms with van der Waals surface area (Å²) in [7, 11) is 0. The number of anilines is 1. The molecule has 1 aliphatic heterocycles. The van der Waals surface area contributed by atoms with Crippen molar-refractivity contribution in [2.45, 2.75) is 18.9 Å². The van der Waals surface area contributed by atoms with E-state index >= 15 is 0 Å². The second-order valence-corrected chi connectivity index (χ2v) is 6.89. The summed E-state index contributed by atoms with van der Waals surface area (Å²) in [6.07, 6.45) is 3.90. The second kappa shape index (κ2) is 7.94. The molecule has 0 saturated carbocycles. The van der Waals surface area contributed by atoms with E-state index in [1.165, 1.54) is 0 Å². The largest absolute Gasteiger partial charge is 0.491 e. The van der Waals surface area contributed by atoms with Crippen molar-refractivity contribution in [3.8, 4) is 5.75 Å². The van der Waals surface area contributed by atoms with Gasteiger partial charge in [-0.3, -0.25) is 9.78 Å². The standard InChI is InChI=1S/C21H19ClN2O3/c22-15-10-14-4-2-8-23-20(14)19(11-15)21(25)24-16-5-1-6-17(12-16)27-13-18-7-3-9-26-18/h1-2,4-6,8,10-12,18H,3,7,9,13H2,(H,24,25)/t18-/m1/s1. The highest BCUT2D eigenvalue weighted by Gasteiger charge is 2.16. The second-order valence-electron chi connectivity index (χ2n) is 6.46. The van der Waals surface area contributed by atoms with Gasteiger partial charge in [0.1, 0.15) is 12.4 Å². The molecule has 6 heteroatoms. The van der Waals surface area contributed by atoms with E-state index in [0.717, 1.165) is 24.8 Å². The van der Waals surface area contributed by atoms with E-state index in [1.54, 1.807) is 24.4 Å². The van der Waals surface area contributed by atoms with E-state index in [9.17, 15) is 4.79 Å². The summed E-state index contributed by atoms with van der Waals surface area (Å²) in [6, 6.07) is 14.4. The molecule has 1 fully saturated rings. The molecular weight excluding hydrogens is 364 g/mol. The van der Waals surface area contributed by atoms with Crippen LogP contribution in [0.25, 0.3) is 10.9 Å². The molecule has 0 aliphatic carbocycles. The van der Waals surface area contributed by atoms with Crippen molar-refractivity contribution in [2.24, 2.45) is 0 Å². The van der Waals surface area contributed by atoms with Crippen LogP contribution in [0.5, 0.6) is 5.75 Å². The van der Waals surface area contributed by atoms with Crippen molar-refractivity contribution in [2.75, 3.05) is 18.5 Å². The minimum atomic E-state index is -0.266. The number of carbonyl (C=O) groups excluding carboxylic acids is 1. The smallest absolute Gasteiger partial charge is 0.257 e. The molecule has 2 aromatic carbocycles. The van der Waals surface area contributed by atoms with E-state index in [1.807, 2.05) is 30.3 Å². The van der Waals surface area contributed by atoms with Gasteiger partial charge in [-0.1, -0.05) is 23.7 Å². The van der Waals surface area contributed by atoms with E-state index in [4.69, 9.17) is 21.1 Å². The monoisotopic (exact) mass is 382 g/mol. The van der Waals surface area contributed by atoms with E-state index < -0.39 is 0 Å². The first-order valence-electron chi connectivity index (χ1n) is 8.89. The average molecular weight is 383 g/mol. The number of halogens is 1. The molecule has 1 amide bonds. The molecule has 2 heterocycles. The highest BCUT2D eigenvalue weighted by molar-refractivity contribution is 6.32. The predicted octanol–water partition coefficient (Wildman–Crippen LogP) is 4.70. The number of hydrogen-bond acceptors (Lipinski definition) is 4. The van der Waals surface area contributed by atoms with Crippen LogP contribution in [0.15, 0.2) is 54.7 Å². The van der Waals surface area contributed by atoms with Gasteiger partial charge in [0.25, 0.3) is 5.91 Å². The van der Waals surface area contributed by atoms with Crippen LogP contribution in [-0.4, -0.2) is 30.2 Å². The molecule has 4 rings (SSSR count). The lowest BCUT2D eigenvalue weighted by molar-refractivity contribution is 0.0680. The number of ether oxygens (including phenoxy) is 2. The number of carbonyl (C=O) groups is 1. The maximum Gasteiger partial charge on any atom is 0.257 e. The molecule has 1 saturated heterocycles. The summed E-state index contributed by atoms with van der Waals surface area (Å²) >= 11 is 6.16. The summed E-state index contributed by atoms with van der Waals surface area (Å²) in [6.45, 7) is 1.31. The number of nitrogens with zero attached hydrogens (tertiary/aromatic N) is 1. The molecule has 138 valence electrons. The minimum absolute atomic E-state index is 0.146. The van der Waals surface area contributed by atoms with Gasteiger partial charge >= 0.3 is 0 Å². The molecule has 0 radical (unpaired) electrons. The number of amides is 1. The average Bonchev–Trinajstić information content (AvgIpc) is 3.19. The number of rotatable bonds is 5. The number of nitrogens with one attached hydrogen (secondary N) is 1. The Morgan fingerprint density at radius 3 is 3.04 bits per heavy atom. The fraction of sp³-hybridized carbons (Fsp3) is 0.238. The molecule has 1 atom stereocenters. The van der Waals surface area contributed by atoms with Gasteiger partial charge in [0.15, 0.2) is 0 Å². The van der Waals surface area contributed by atoms with Crippen LogP contribution < -0.4 is 10.1 Å². The van der Waals surface area contributed by atoms with Crippen LogP contribution >= 0.6 is 11.6 Å². The van der Waals surface area contributed by atoms with Gasteiger partial charge in [-0.25, -0.2) is 0 Å². The number of fused-ring (bicyclic) bond motifs is 1. The fourth-order valence-corrected chi connectivity index (χ4v) is 3.38. The molecule has 1 aromatic heterocycles. The number of pyridine rings is 1. The van der Waals surface area contributed by atoms with Gasteiger partial charge in [0.05, 0.1) is 17.2 Å². The summed E-state index contributed by atoms with van der Waals surface area (Å²) in [4.78, 5) is 17.1. The van der Waals surface area contributed by atoms with Gasteiger partial charge < -0.3 is 14.8 Å². The van der Waals surface area contributed by atoms with Crippen LogP contribution in [-0.2, 0) is 4.74 Å². The van der Waals surface area contributed by atoms with E-state index in [2.05, 4.69) is 10.3 Å². The maximum absolute atomic E-state index is 12.8. The van der Waals surface area contributed by atoms with Crippen LogP contribution in [0, 0.1) is 0 Å². The Balaban J connectivity index is 1.50. The Morgan fingerprint density at radius 2 is 2.19 bits per heavy atom. The number of aromatic nitrogens is 1. The molecule has 27 heavy (non-hydrogen) atoms. The topological polar surface area (TPSA) is 60.5 Å². The Hall–Kier alpha value is -2.63. The SMILES string of the molecule is O=C(Nc1cccc(OC[C@H]2CCCO2)c1)c1cc(Cl)cc2cccnc12. The van der Waals surface area contributed by atoms with Crippen molar-refractivity contribution in [1.29, 1.82) is 0 Å². The Morgan fingerprint density at radius 1 is 1.26 bits per heavy atom. The molecule has 0 spiro atoms. The summed E-state index contributed by atoms with van der Waals surface area (Å²) in [5.74, 6) is 0.426. The summed E-state index contributed by atoms with van der Waals surface area (Å²) in [5, 5.41) is 4.21. The van der Waals surface area contributed by atoms with Crippen molar-refractivity contribution in [3.63, 3.8) is 0 Å². The van der Waals surface area contributed by atoms with Crippen molar-refractivity contribution in [1.82, 2.24) is 4.98 Å². The van der Waals surface area contributed by atoms with Crippen molar-refractivity contribution in [3.05, 3.63) is 65.3 Å². The summed E-state index contributed by atoms with van der Waals surface area (Å²) < 4.78 is 11.4. The fourth-order valence-electron chi connectivity index (χ4n) is 3.16. The van der Waals surface area contributed by atoms with Gasteiger partial charge in [0.2, 0.25) is 0 Å². The van der Waals surface area contributed by atoms with Crippen LogP contribution in [0.1, 0.15) is 23.2 Å². The molecule has 5 nitrogen and oxygen atoms in total. The van der Waals surface area contributed by atoms with Crippen LogP contribution in [0.4, 0.5) is 5.69 Å². The number of hydrogen-bond donors (Lipinski definition) is 1. The van der Waals surface area contributed by atoms with Gasteiger partial charge in [-0.05, 0) is 43.2 Å². The molecule has 0 bridgehead atoms. The Kier molecular flexibility index (Phi) is 5.23. The molecule has 1 aliphatic rings. The third-order valence-electron chi connectivity index (χ3n) is 4.47. The normalized spacial score (nSPS) is 16.4. The van der Waals surface area contributed by atoms with Crippen molar-refractivity contribution < 1.29 is 14.3 Å². The Labute approximate surface area is 162 Å². The maximum atomic E-state index is 12.8. The van der Waals surface area contributed by atoms with E-state index in [0.29, 0.717) is 34.1 Å². The lowest BCUT2D eigenvalue weighted by atomic mass is 10.1. The zero-order valence-electron chi connectivity index (χ0n) is 14.7. The zero-order chi connectivity index (χ0) is 18.6. The third kappa shape index (κ3) is 4.21. The molecule has 0 unspecified atom stereocenters. The molecule has 1 N–H and O–H groups in total. The summed E-state index contributed by atoms with van der Waals surface area (Å²) in [5.41, 5.74) is 1.70. The number of benzene rings is 2. The van der Waals surface area contributed by atoms with Crippen LogP contribution in [0.2, 0.25) is 5.02 Å². The lowest BCUT2D eigenvalue weighted by Crippen LogP contribution is -2.16. The Bertz CT molecular complexity index is 971. The van der Waals surface area contributed by atoms with Gasteiger partial charge in [-0.2, -0.15) is 0 Å². The zero-order valence-corrected chi connectivity index (χ0v) is 15.4. The minimum Gasteiger partial charge on any atom is -0.491 e.